The van der Waals surface area contributed by atoms with Crippen molar-refractivity contribution in [2.24, 2.45) is 23.7 Å². The number of ether oxygens (including phenoxy) is 2. The fourth-order valence-electron chi connectivity index (χ4n) is 4.31. The zero-order valence-electron chi connectivity index (χ0n) is 11.7. The maximum atomic E-state index is 12.2. The van der Waals surface area contributed by atoms with Crippen LogP contribution < -0.4 is 0 Å². The van der Waals surface area contributed by atoms with Gasteiger partial charge in [0, 0.05) is 0 Å². The molecule has 0 spiro atoms. The van der Waals surface area contributed by atoms with E-state index in [9.17, 15) is 4.79 Å². The molecular formula is C16H24O3. The SMILES string of the molecule is CC(OC(=O)C1CCC2OC2C1)C1CCC2CC2C1. The Labute approximate surface area is 115 Å². The Morgan fingerprint density at radius 2 is 1.95 bits per heavy atom. The van der Waals surface area contributed by atoms with Gasteiger partial charge in [-0.1, -0.05) is 0 Å². The van der Waals surface area contributed by atoms with Crippen LogP contribution in [0.15, 0.2) is 0 Å². The number of fused-ring (bicyclic) bond motifs is 2. The highest BCUT2D eigenvalue weighted by molar-refractivity contribution is 5.73. The molecule has 0 bridgehead atoms. The number of hydrogen-bond acceptors (Lipinski definition) is 3. The van der Waals surface area contributed by atoms with Gasteiger partial charge < -0.3 is 9.47 Å². The first-order valence-electron chi connectivity index (χ1n) is 8.06. The van der Waals surface area contributed by atoms with Crippen molar-refractivity contribution in [1.29, 1.82) is 0 Å². The molecule has 3 heteroatoms. The number of carbonyl (C=O) groups is 1. The minimum Gasteiger partial charge on any atom is -0.462 e. The maximum Gasteiger partial charge on any atom is 0.309 e. The van der Waals surface area contributed by atoms with E-state index in [1.165, 1.54) is 25.7 Å². The Balaban J connectivity index is 1.28. The van der Waals surface area contributed by atoms with Gasteiger partial charge in [0.1, 0.15) is 6.10 Å². The fourth-order valence-corrected chi connectivity index (χ4v) is 4.31. The summed E-state index contributed by atoms with van der Waals surface area (Å²) in [6.45, 7) is 2.10. The highest BCUT2D eigenvalue weighted by Gasteiger charge is 2.47. The number of epoxide rings is 1. The Morgan fingerprint density at radius 3 is 2.74 bits per heavy atom. The number of hydrogen-bond donors (Lipinski definition) is 0. The normalized spacial score (nSPS) is 48.7. The standard InChI is InChI=1S/C16H24O3/c1-9(10-2-3-11-7-13(11)6-10)18-16(17)12-4-5-14-15(8-12)19-14/h9-15H,2-8H2,1H3. The molecule has 3 aliphatic carbocycles. The molecule has 0 N–H and O–H groups in total. The molecule has 0 aromatic rings. The van der Waals surface area contributed by atoms with Crippen LogP contribution in [0.4, 0.5) is 0 Å². The van der Waals surface area contributed by atoms with E-state index < -0.39 is 0 Å². The summed E-state index contributed by atoms with van der Waals surface area (Å²) >= 11 is 0. The van der Waals surface area contributed by atoms with Gasteiger partial charge in [0.05, 0.1) is 18.1 Å². The maximum absolute atomic E-state index is 12.2. The summed E-state index contributed by atoms with van der Waals surface area (Å²) in [7, 11) is 0. The molecule has 4 rings (SSSR count). The zero-order chi connectivity index (χ0) is 13.0. The molecule has 3 nitrogen and oxygen atoms in total. The quantitative estimate of drug-likeness (QED) is 0.581. The van der Waals surface area contributed by atoms with Crippen molar-refractivity contribution in [2.75, 3.05) is 0 Å². The second-order valence-corrected chi connectivity index (χ2v) is 7.19. The van der Waals surface area contributed by atoms with E-state index in [1.807, 2.05) is 0 Å². The van der Waals surface area contributed by atoms with Crippen molar-refractivity contribution >= 4 is 5.97 Å². The van der Waals surface area contributed by atoms with Crippen LogP contribution >= 0.6 is 0 Å². The molecular weight excluding hydrogens is 240 g/mol. The average molecular weight is 264 g/mol. The number of carbonyl (C=O) groups excluding carboxylic acids is 1. The summed E-state index contributed by atoms with van der Waals surface area (Å²) in [5.74, 6) is 2.72. The first-order valence-corrected chi connectivity index (χ1v) is 8.06. The summed E-state index contributed by atoms with van der Waals surface area (Å²) in [4.78, 5) is 12.2. The van der Waals surface area contributed by atoms with Crippen LogP contribution in [0.3, 0.4) is 0 Å². The summed E-state index contributed by atoms with van der Waals surface area (Å²) < 4.78 is 11.3. The lowest BCUT2D eigenvalue weighted by molar-refractivity contribution is -0.157. The van der Waals surface area contributed by atoms with E-state index in [4.69, 9.17) is 9.47 Å². The third-order valence-corrected chi connectivity index (χ3v) is 5.89. The van der Waals surface area contributed by atoms with Gasteiger partial charge in [-0.25, -0.2) is 0 Å². The van der Waals surface area contributed by atoms with Crippen LogP contribution in [0.5, 0.6) is 0 Å². The second-order valence-electron chi connectivity index (χ2n) is 7.19. The van der Waals surface area contributed by atoms with Crippen molar-refractivity contribution in [1.82, 2.24) is 0 Å². The Morgan fingerprint density at radius 1 is 1.05 bits per heavy atom. The third-order valence-electron chi connectivity index (χ3n) is 5.89. The first kappa shape index (κ1) is 12.2. The lowest BCUT2D eigenvalue weighted by atomic mass is 9.85. The van der Waals surface area contributed by atoms with Gasteiger partial charge in [0.15, 0.2) is 0 Å². The Bertz CT molecular complexity index is 380. The van der Waals surface area contributed by atoms with Gasteiger partial charge in [-0.3, -0.25) is 4.79 Å². The molecule has 0 aromatic heterocycles. The third kappa shape index (κ3) is 2.42. The van der Waals surface area contributed by atoms with Crippen LogP contribution in [0, 0.1) is 23.7 Å². The summed E-state index contributed by atoms with van der Waals surface area (Å²) in [6, 6.07) is 0. The van der Waals surface area contributed by atoms with Crippen LogP contribution in [-0.2, 0) is 14.3 Å². The van der Waals surface area contributed by atoms with Gasteiger partial charge >= 0.3 is 5.97 Å². The smallest absolute Gasteiger partial charge is 0.309 e. The van der Waals surface area contributed by atoms with E-state index >= 15 is 0 Å². The molecule has 4 aliphatic rings. The molecule has 3 saturated carbocycles. The van der Waals surface area contributed by atoms with Crippen molar-refractivity contribution in [3.8, 4) is 0 Å². The van der Waals surface area contributed by atoms with Crippen molar-refractivity contribution in [3.63, 3.8) is 0 Å². The van der Waals surface area contributed by atoms with Crippen LogP contribution in [0.1, 0.15) is 51.9 Å². The van der Waals surface area contributed by atoms with Crippen molar-refractivity contribution < 1.29 is 14.3 Å². The molecule has 0 amide bonds. The molecule has 0 aromatic carbocycles. The van der Waals surface area contributed by atoms with Gasteiger partial charge in [-0.05, 0) is 69.6 Å². The van der Waals surface area contributed by atoms with Crippen molar-refractivity contribution in [3.05, 3.63) is 0 Å². The molecule has 4 fully saturated rings. The molecule has 106 valence electrons. The monoisotopic (exact) mass is 264 g/mol. The van der Waals surface area contributed by atoms with Crippen LogP contribution in [0.25, 0.3) is 0 Å². The Hall–Kier alpha value is -0.570. The lowest BCUT2D eigenvalue weighted by Crippen LogP contribution is -2.31. The van der Waals surface area contributed by atoms with Gasteiger partial charge in [-0.15, -0.1) is 0 Å². The van der Waals surface area contributed by atoms with Crippen LogP contribution in [0.2, 0.25) is 0 Å². The zero-order valence-corrected chi connectivity index (χ0v) is 11.7. The van der Waals surface area contributed by atoms with E-state index in [0.717, 1.165) is 31.1 Å². The van der Waals surface area contributed by atoms with Crippen molar-refractivity contribution in [2.45, 2.75) is 70.2 Å². The summed E-state index contributed by atoms with van der Waals surface area (Å²) in [5, 5.41) is 0. The Kier molecular flexibility index (Phi) is 2.87. The number of rotatable bonds is 3. The minimum absolute atomic E-state index is 0.0411. The predicted molar refractivity (Wildman–Crippen MR) is 70.5 cm³/mol. The highest BCUT2D eigenvalue weighted by Crippen LogP contribution is 2.52. The molecule has 7 atom stereocenters. The molecule has 19 heavy (non-hydrogen) atoms. The lowest BCUT2D eigenvalue weighted by Gasteiger charge is -2.29. The number of esters is 1. The average Bonchev–Trinajstić information content (AvgIpc) is 3.30. The van der Waals surface area contributed by atoms with E-state index in [2.05, 4.69) is 6.92 Å². The van der Waals surface area contributed by atoms with E-state index in [1.54, 1.807) is 0 Å². The van der Waals surface area contributed by atoms with Gasteiger partial charge in [-0.2, -0.15) is 0 Å². The largest absolute Gasteiger partial charge is 0.462 e. The minimum atomic E-state index is 0.0411. The highest BCUT2D eigenvalue weighted by atomic mass is 16.6. The molecule has 1 heterocycles. The van der Waals surface area contributed by atoms with Gasteiger partial charge in [0.2, 0.25) is 0 Å². The van der Waals surface area contributed by atoms with E-state index in [-0.39, 0.29) is 18.0 Å². The summed E-state index contributed by atoms with van der Waals surface area (Å²) in [5.41, 5.74) is 0. The van der Waals surface area contributed by atoms with Gasteiger partial charge in [0.25, 0.3) is 0 Å². The van der Waals surface area contributed by atoms with E-state index in [0.29, 0.717) is 18.1 Å². The molecule has 1 saturated heterocycles. The topological polar surface area (TPSA) is 38.8 Å². The predicted octanol–water partition coefficient (Wildman–Crippen LogP) is 2.92. The molecule has 1 aliphatic heterocycles. The van der Waals surface area contributed by atoms with Crippen LogP contribution in [-0.4, -0.2) is 24.3 Å². The summed E-state index contributed by atoms with van der Waals surface area (Å²) in [6.07, 6.45) is 9.19. The molecule has 7 unspecified atom stereocenters. The fraction of sp³-hybridized carbons (Fsp3) is 0.938. The molecule has 0 radical (unpaired) electrons. The first-order chi connectivity index (χ1) is 9.20. The second kappa shape index (κ2) is 4.47.